The standard InChI is InChI=1S/C15H12ClF4N/c1-21-14(11-6-3-7-12(17)13(11)16)9-4-2-5-10(8-9)15(18,19)20/h2-8,14,21H,1H3. The summed E-state index contributed by atoms with van der Waals surface area (Å²) in [7, 11) is 1.58. The molecule has 2 aromatic rings. The Morgan fingerprint density at radius 3 is 2.38 bits per heavy atom. The van der Waals surface area contributed by atoms with Gasteiger partial charge in [-0.25, -0.2) is 4.39 Å². The van der Waals surface area contributed by atoms with E-state index in [1.807, 2.05) is 0 Å². The lowest BCUT2D eigenvalue weighted by atomic mass is 9.97. The number of nitrogens with one attached hydrogen (secondary N) is 1. The van der Waals surface area contributed by atoms with Crippen LogP contribution in [0.25, 0.3) is 0 Å². The Hall–Kier alpha value is -1.59. The van der Waals surface area contributed by atoms with Gasteiger partial charge in [0, 0.05) is 0 Å². The molecule has 1 unspecified atom stereocenters. The summed E-state index contributed by atoms with van der Waals surface area (Å²) < 4.78 is 51.8. The number of rotatable bonds is 3. The van der Waals surface area contributed by atoms with Gasteiger partial charge in [0.25, 0.3) is 0 Å². The summed E-state index contributed by atoms with van der Waals surface area (Å²) >= 11 is 5.91. The molecule has 1 nitrogen and oxygen atoms in total. The molecule has 0 heterocycles. The third-order valence-corrected chi connectivity index (χ3v) is 3.53. The van der Waals surface area contributed by atoms with E-state index < -0.39 is 23.6 Å². The van der Waals surface area contributed by atoms with Gasteiger partial charge in [-0.2, -0.15) is 13.2 Å². The smallest absolute Gasteiger partial charge is 0.309 e. The quantitative estimate of drug-likeness (QED) is 0.801. The van der Waals surface area contributed by atoms with Crippen molar-refractivity contribution < 1.29 is 17.6 Å². The molecule has 1 atom stereocenters. The van der Waals surface area contributed by atoms with Crippen molar-refractivity contribution in [3.63, 3.8) is 0 Å². The Labute approximate surface area is 124 Å². The molecule has 6 heteroatoms. The minimum atomic E-state index is -4.43. The summed E-state index contributed by atoms with van der Waals surface area (Å²) in [5, 5.41) is 2.76. The van der Waals surface area contributed by atoms with Gasteiger partial charge in [0.15, 0.2) is 0 Å². The lowest BCUT2D eigenvalue weighted by Crippen LogP contribution is -2.19. The zero-order valence-corrected chi connectivity index (χ0v) is 11.8. The summed E-state index contributed by atoms with van der Waals surface area (Å²) in [5.41, 5.74) is -0.00825. The molecule has 0 amide bonds. The first-order valence-corrected chi connectivity index (χ1v) is 6.50. The van der Waals surface area contributed by atoms with E-state index in [0.29, 0.717) is 11.1 Å². The fourth-order valence-corrected chi connectivity index (χ4v) is 2.37. The van der Waals surface area contributed by atoms with Crippen molar-refractivity contribution in [1.82, 2.24) is 5.32 Å². The minimum Gasteiger partial charge on any atom is -0.309 e. The molecule has 0 fully saturated rings. The van der Waals surface area contributed by atoms with Crippen molar-refractivity contribution in [3.8, 4) is 0 Å². The molecule has 0 aliphatic rings. The van der Waals surface area contributed by atoms with Gasteiger partial charge < -0.3 is 5.32 Å². The van der Waals surface area contributed by atoms with Gasteiger partial charge in [-0.15, -0.1) is 0 Å². The number of hydrogen-bond acceptors (Lipinski definition) is 1. The maximum atomic E-state index is 13.5. The molecule has 2 rings (SSSR count). The van der Waals surface area contributed by atoms with E-state index in [0.717, 1.165) is 12.1 Å². The topological polar surface area (TPSA) is 12.0 Å². The SMILES string of the molecule is CNC(c1cccc(C(F)(F)F)c1)c1cccc(F)c1Cl. The van der Waals surface area contributed by atoms with Crippen molar-refractivity contribution in [1.29, 1.82) is 0 Å². The Morgan fingerprint density at radius 2 is 1.76 bits per heavy atom. The molecule has 1 N–H and O–H groups in total. The minimum absolute atomic E-state index is 0.103. The summed E-state index contributed by atoms with van der Waals surface area (Å²) in [6.45, 7) is 0. The second kappa shape index (κ2) is 6.03. The van der Waals surface area contributed by atoms with Crippen LogP contribution in [0.4, 0.5) is 17.6 Å². The first-order chi connectivity index (χ1) is 9.84. The average Bonchev–Trinajstić information content (AvgIpc) is 2.44. The van der Waals surface area contributed by atoms with E-state index in [9.17, 15) is 17.6 Å². The largest absolute Gasteiger partial charge is 0.416 e. The maximum Gasteiger partial charge on any atom is 0.416 e. The zero-order valence-electron chi connectivity index (χ0n) is 11.0. The van der Waals surface area contributed by atoms with E-state index in [-0.39, 0.29) is 5.02 Å². The highest BCUT2D eigenvalue weighted by Gasteiger charge is 2.31. The zero-order chi connectivity index (χ0) is 15.6. The van der Waals surface area contributed by atoms with E-state index >= 15 is 0 Å². The average molecular weight is 318 g/mol. The van der Waals surface area contributed by atoms with E-state index in [4.69, 9.17) is 11.6 Å². The molecular weight excluding hydrogens is 306 g/mol. The van der Waals surface area contributed by atoms with Gasteiger partial charge in [-0.05, 0) is 36.4 Å². The molecule has 0 saturated heterocycles. The molecule has 0 saturated carbocycles. The molecule has 0 spiro atoms. The predicted molar refractivity (Wildman–Crippen MR) is 73.8 cm³/mol. The van der Waals surface area contributed by atoms with E-state index in [1.54, 1.807) is 13.1 Å². The first-order valence-electron chi connectivity index (χ1n) is 6.13. The van der Waals surface area contributed by atoms with Gasteiger partial charge >= 0.3 is 6.18 Å². The molecule has 0 aliphatic carbocycles. The molecule has 0 radical (unpaired) electrons. The molecular formula is C15H12ClF4N. The van der Waals surface area contributed by atoms with Crippen molar-refractivity contribution in [2.45, 2.75) is 12.2 Å². The van der Waals surface area contributed by atoms with E-state index in [2.05, 4.69) is 5.32 Å². The highest BCUT2D eigenvalue weighted by atomic mass is 35.5. The van der Waals surface area contributed by atoms with Crippen LogP contribution in [-0.2, 0) is 6.18 Å². The Bertz CT molecular complexity index is 640. The van der Waals surface area contributed by atoms with Crippen molar-refractivity contribution >= 4 is 11.6 Å². The third-order valence-electron chi connectivity index (χ3n) is 3.13. The first kappa shape index (κ1) is 15.8. The number of alkyl halides is 3. The van der Waals surface area contributed by atoms with Gasteiger partial charge in [-0.1, -0.05) is 35.9 Å². The Kier molecular flexibility index (Phi) is 4.54. The maximum absolute atomic E-state index is 13.5. The van der Waals surface area contributed by atoms with Gasteiger partial charge in [0.1, 0.15) is 5.82 Å². The number of hydrogen-bond donors (Lipinski definition) is 1. The second-order valence-corrected chi connectivity index (χ2v) is 4.87. The lowest BCUT2D eigenvalue weighted by molar-refractivity contribution is -0.137. The van der Waals surface area contributed by atoms with Crippen molar-refractivity contribution in [2.75, 3.05) is 7.05 Å². The molecule has 0 bridgehead atoms. The summed E-state index contributed by atoms with van der Waals surface area (Å²) in [6.07, 6.45) is -4.43. The lowest BCUT2D eigenvalue weighted by Gasteiger charge is -2.20. The van der Waals surface area contributed by atoms with Crippen molar-refractivity contribution in [2.24, 2.45) is 0 Å². The molecule has 0 aliphatic heterocycles. The van der Waals surface area contributed by atoms with Crippen molar-refractivity contribution in [3.05, 3.63) is 70.0 Å². The van der Waals surface area contributed by atoms with Gasteiger partial charge in [-0.3, -0.25) is 0 Å². The number of halogens is 5. The molecule has 112 valence electrons. The van der Waals surface area contributed by atoms with Crippen LogP contribution in [-0.4, -0.2) is 7.05 Å². The second-order valence-electron chi connectivity index (χ2n) is 4.49. The third kappa shape index (κ3) is 3.36. The van der Waals surface area contributed by atoms with Crippen LogP contribution in [0, 0.1) is 5.82 Å². The fraction of sp³-hybridized carbons (Fsp3) is 0.200. The highest BCUT2D eigenvalue weighted by molar-refractivity contribution is 6.31. The molecule has 2 aromatic carbocycles. The van der Waals surface area contributed by atoms with Crippen LogP contribution in [0.3, 0.4) is 0 Å². The monoisotopic (exact) mass is 317 g/mol. The van der Waals surface area contributed by atoms with Crippen LogP contribution < -0.4 is 5.32 Å². The van der Waals surface area contributed by atoms with Gasteiger partial charge in [0.05, 0.1) is 16.6 Å². The normalized spacial score (nSPS) is 13.2. The van der Waals surface area contributed by atoms with E-state index in [1.165, 1.54) is 24.3 Å². The molecule has 21 heavy (non-hydrogen) atoms. The van der Waals surface area contributed by atoms with Crippen LogP contribution in [0.2, 0.25) is 5.02 Å². The highest BCUT2D eigenvalue weighted by Crippen LogP contribution is 2.34. The number of benzene rings is 2. The van der Waals surface area contributed by atoms with Crippen LogP contribution in [0.5, 0.6) is 0 Å². The van der Waals surface area contributed by atoms with Gasteiger partial charge in [0.2, 0.25) is 0 Å². The predicted octanol–water partition coefficient (Wildman–Crippen LogP) is 4.81. The Balaban J connectivity index is 2.49. The summed E-state index contributed by atoms with van der Waals surface area (Å²) in [4.78, 5) is 0. The summed E-state index contributed by atoms with van der Waals surface area (Å²) in [5.74, 6) is -0.610. The fourth-order valence-electron chi connectivity index (χ4n) is 2.14. The summed E-state index contributed by atoms with van der Waals surface area (Å²) in [6, 6.07) is 8.49. The van der Waals surface area contributed by atoms with Crippen LogP contribution >= 0.6 is 11.6 Å². The molecule has 0 aromatic heterocycles. The Morgan fingerprint density at radius 1 is 1.10 bits per heavy atom. The van der Waals surface area contributed by atoms with Crippen LogP contribution in [0.15, 0.2) is 42.5 Å². The van der Waals surface area contributed by atoms with Crippen LogP contribution in [0.1, 0.15) is 22.7 Å².